The normalized spacial score (nSPS) is 12.6. The summed E-state index contributed by atoms with van der Waals surface area (Å²) in [5, 5.41) is 14.0. The molecule has 5 nitrogen and oxygen atoms in total. The first-order valence-electron chi connectivity index (χ1n) is 9.52. The van der Waals surface area contributed by atoms with Gasteiger partial charge in [0.15, 0.2) is 5.41 Å². The third kappa shape index (κ3) is 5.45. The van der Waals surface area contributed by atoms with E-state index in [4.69, 9.17) is 5.26 Å². The van der Waals surface area contributed by atoms with Gasteiger partial charge in [0.25, 0.3) is 11.8 Å². The van der Waals surface area contributed by atoms with E-state index in [9.17, 15) is 35.9 Å². The Labute approximate surface area is 204 Å². The van der Waals surface area contributed by atoms with Crippen molar-refractivity contribution < 1.29 is 35.9 Å². The van der Waals surface area contributed by atoms with Crippen LogP contribution in [0.25, 0.3) is 0 Å². The maximum atomic E-state index is 13.3. The lowest BCUT2D eigenvalue weighted by molar-refractivity contribution is -0.297. The molecule has 0 unspecified atom stereocenters. The zero-order chi connectivity index (χ0) is 26.1. The van der Waals surface area contributed by atoms with Gasteiger partial charge < -0.3 is 10.6 Å². The maximum absolute atomic E-state index is 13.3. The predicted octanol–water partition coefficient (Wildman–Crippen LogP) is 5.96. The van der Waals surface area contributed by atoms with Crippen LogP contribution >= 0.6 is 22.6 Å². The first kappa shape index (κ1) is 27.4. The maximum Gasteiger partial charge on any atom is 0.406 e. The molecule has 2 rings (SSSR count). The van der Waals surface area contributed by atoms with Gasteiger partial charge in [-0.2, -0.15) is 31.6 Å². The standard InChI is InChI=1S/C22H18F6IN3O2/c1-19(2,11-30)32-18(34)16-14(5-4-6-15(16)29)17(33)31-13-9-7-12(8-10-13)20(3,21(23,24)25)22(26,27)28/h4-10H,1-3H3,(H,31,33)(H,32,34). The van der Waals surface area contributed by atoms with Gasteiger partial charge in [-0.25, -0.2) is 0 Å². The monoisotopic (exact) mass is 597 g/mol. The van der Waals surface area contributed by atoms with Crippen molar-refractivity contribution in [1.82, 2.24) is 5.32 Å². The van der Waals surface area contributed by atoms with Crippen molar-refractivity contribution in [2.75, 3.05) is 5.32 Å². The molecule has 2 N–H and O–H groups in total. The second-order valence-corrected chi connectivity index (χ2v) is 9.17. The SMILES string of the molecule is CC(C)(C#N)NC(=O)c1c(I)cccc1C(=O)Nc1ccc(C(C)(C(F)(F)F)C(F)(F)F)cc1. The topological polar surface area (TPSA) is 82.0 Å². The number of alkyl halides is 6. The molecule has 0 aliphatic carbocycles. The highest BCUT2D eigenvalue weighted by atomic mass is 127. The molecule has 0 aliphatic rings. The third-order valence-electron chi connectivity index (χ3n) is 5.04. The number of nitrogens with zero attached hydrogens (tertiary/aromatic N) is 1. The number of rotatable bonds is 5. The molecular formula is C22H18F6IN3O2. The van der Waals surface area contributed by atoms with Gasteiger partial charge in [-0.15, -0.1) is 0 Å². The summed E-state index contributed by atoms with van der Waals surface area (Å²) >= 11 is 1.82. The zero-order valence-electron chi connectivity index (χ0n) is 18.0. The number of hydrogen-bond donors (Lipinski definition) is 2. The van der Waals surface area contributed by atoms with Crippen LogP contribution in [0.5, 0.6) is 0 Å². The van der Waals surface area contributed by atoms with Crippen LogP contribution in [0.3, 0.4) is 0 Å². The van der Waals surface area contributed by atoms with Gasteiger partial charge in [-0.05, 0) is 73.2 Å². The van der Waals surface area contributed by atoms with Crippen molar-refractivity contribution in [3.8, 4) is 6.07 Å². The molecule has 0 spiro atoms. The molecule has 0 bridgehead atoms. The molecule has 182 valence electrons. The first-order valence-corrected chi connectivity index (χ1v) is 10.6. The Balaban J connectivity index is 2.37. The Bertz CT molecular complexity index is 1120. The van der Waals surface area contributed by atoms with Gasteiger partial charge in [-0.3, -0.25) is 9.59 Å². The number of benzene rings is 2. The van der Waals surface area contributed by atoms with E-state index >= 15 is 0 Å². The van der Waals surface area contributed by atoms with Crippen LogP contribution < -0.4 is 10.6 Å². The summed E-state index contributed by atoms with van der Waals surface area (Å²) in [6.45, 7) is 2.95. The lowest BCUT2D eigenvalue weighted by Crippen LogP contribution is -2.51. The molecule has 2 aromatic rings. The highest BCUT2D eigenvalue weighted by Crippen LogP contribution is 2.51. The van der Waals surface area contributed by atoms with Crippen LogP contribution in [0.2, 0.25) is 0 Å². The summed E-state index contributed by atoms with van der Waals surface area (Å²) in [4.78, 5) is 25.5. The summed E-state index contributed by atoms with van der Waals surface area (Å²) in [5.74, 6) is -1.52. The van der Waals surface area contributed by atoms with Crippen LogP contribution in [0.1, 0.15) is 47.1 Å². The average molecular weight is 597 g/mol. The van der Waals surface area contributed by atoms with E-state index in [0.717, 1.165) is 12.1 Å². The van der Waals surface area contributed by atoms with E-state index in [-0.39, 0.29) is 23.7 Å². The lowest BCUT2D eigenvalue weighted by Gasteiger charge is -2.34. The molecule has 0 saturated carbocycles. The second-order valence-electron chi connectivity index (χ2n) is 8.01. The Kier molecular flexibility index (Phi) is 7.61. The number of halogens is 7. The van der Waals surface area contributed by atoms with Gasteiger partial charge in [0.05, 0.1) is 17.2 Å². The van der Waals surface area contributed by atoms with Crippen molar-refractivity contribution in [3.05, 3.63) is 62.7 Å². The van der Waals surface area contributed by atoms with Crippen molar-refractivity contribution >= 4 is 40.1 Å². The Morgan fingerprint density at radius 1 is 0.882 bits per heavy atom. The number of anilines is 1. The van der Waals surface area contributed by atoms with Crippen LogP contribution in [0, 0.1) is 14.9 Å². The van der Waals surface area contributed by atoms with Gasteiger partial charge in [-0.1, -0.05) is 18.2 Å². The number of nitrogens with one attached hydrogen (secondary N) is 2. The van der Waals surface area contributed by atoms with Crippen molar-refractivity contribution in [2.45, 2.75) is 44.1 Å². The highest BCUT2D eigenvalue weighted by Gasteiger charge is 2.68. The number of amides is 2. The van der Waals surface area contributed by atoms with Crippen LogP contribution in [0.15, 0.2) is 42.5 Å². The molecule has 0 heterocycles. The Hall–Kier alpha value is -2.82. The fourth-order valence-electron chi connectivity index (χ4n) is 2.89. The fourth-order valence-corrected chi connectivity index (χ4v) is 3.63. The summed E-state index contributed by atoms with van der Waals surface area (Å²) in [6, 6.07) is 9.35. The molecular weight excluding hydrogens is 579 g/mol. The fraction of sp³-hybridized carbons (Fsp3) is 0.318. The predicted molar refractivity (Wildman–Crippen MR) is 120 cm³/mol. The van der Waals surface area contributed by atoms with E-state index in [1.54, 1.807) is 6.07 Å². The number of carbonyl (C=O) groups is 2. The minimum atomic E-state index is -5.60. The molecule has 0 aromatic heterocycles. The van der Waals surface area contributed by atoms with E-state index < -0.39 is 40.7 Å². The molecule has 0 atom stereocenters. The number of nitriles is 1. The summed E-state index contributed by atoms with van der Waals surface area (Å²) in [6.07, 6.45) is -11.2. The molecule has 0 aliphatic heterocycles. The average Bonchev–Trinajstić information content (AvgIpc) is 2.71. The van der Waals surface area contributed by atoms with Gasteiger partial charge in [0.2, 0.25) is 0 Å². The van der Waals surface area contributed by atoms with Gasteiger partial charge in [0.1, 0.15) is 5.54 Å². The minimum Gasteiger partial charge on any atom is -0.334 e. The molecule has 2 aromatic carbocycles. The van der Waals surface area contributed by atoms with Crippen LogP contribution in [0.4, 0.5) is 32.0 Å². The Morgan fingerprint density at radius 2 is 1.41 bits per heavy atom. The van der Waals surface area contributed by atoms with E-state index in [1.807, 2.05) is 28.7 Å². The minimum absolute atomic E-state index is 0.0396. The smallest absolute Gasteiger partial charge is 0.334 e. The highest BCUT2D eigenvalue weighted by molar-refractivity contribution is 14.1. The summed E-state index contributed by atoms with van der Waals surface area (Å²) < 4.78 is 80.0. The zero-order valence-corrected chi connectivity index (χ0v) is 20.1. The summed E-state index contributed by atoms with van der Waals surface area (Å²) in [5.41, 5.74) is -6.60. The Morgan fingerprint density at radius 3 is 1.88 bits per heavy atom. The molecule has 0 saturated heterocycles. The third-order valence-corrected chi connectivity index (χ3v) is 5.94. The molecule has 34 heavy (non-hydrogen) atoms. The molecule has 2 amide bonds. The molecule has 0 radical (unpaired) electrons. The first-order chi connectivity index (χ1) is 15.4. The number of hydrogen-bond acceptors (Lipinski definition) is 3. The van der Waals surface area contributed by atoms with E-state index in [0.29, 0.717) is 15.7 Å². The number of carbonyl (C=O) groups excluding carboxylic acids is 2. The van der Waals surface area contributed by atoms with Crippen LogP contribution in [-0.4, -0.2) is 29.7 Å². The van der Waals surface area contributed by atoms with Crippen molar-refractivity contribution in [2.24, 2.45) is 0 Å². The van der Waals surface area contributed by atoms with Crippen molar-refractivity contribution in [3.63, 3.8) is 0 Å². The molecule has 0 fully saturated rings. The van der Waals surface area contributed by atoms with Gasteiger partial charge >= 0.3 is 12.4 Å². The summed E-state index contributed by atoms with van der Waals surface area (Å²) in [7, 11) is 0. The quantitative estimate of drug-likeness (QED) is 0.330. The van der Waals surface area contributed by atoms with Crippen LogP contribution in [-0.2, 0) is 5.41 Å². The lowest BCUT2D eigenvalue weighted by atomic mass is 9.81. The van der Waals surface area contributed by atoms with Gasteiger partial charge in [0, 0.05) is 9.26 Å². The molecule has 12 heteroatoms. The largest absolute Gasteiger partial charge is 0.406 e. The van der Waals surface area contributed by atoms with Crippen molar-refractivity contribution in [1.29, 1.82) is 5.26 Å². The second kappa shape index (κ2) is 9.44. The van der Waals surface area contributed by atoms with E-state index in [1.165, 1.54) is 26.0 Å². The van der Waals surface area contributed by atoms with E-state index in [2.05, 4.69) is 10.6 Å².